The number of quaternary nitrogens is 1. The zero-order chi connectivity index (χ0) is 17.5. The molecule has 0 radical (unpaired) electrons. The van der Waals surface area contributed by atoms with Crippen LogP contribution in [0.25, 0.3) is 0 Å². The number of non-ortho nitro benzene ring substituents is 1. The van der Waals surface area contributed by atoms with E-state index in [0.717, 1.165) is 5.56 Å². The van der Waals surface area contributed by atoms with E-state index in [0.29, 0.717) is 12.3 Å². The van der Waals surface area contributed by atoms with Gasteiger partial charge in [-0.25, -0.2) is 4.39 Å². The van der Waals surface area contributed by atoms with Crippen molar-refractivity contribution < 1.29 is 24.5 Å². The van der Waals surface area contributed by atoms with E-state index in [2.05, 4.69) is 0 Å². The van der Waals surface area contributed by atoms with Gasteiger partial charge in [0.25, 0.3) is 5.69 Å². The van der Waals surface area contributed by atoms with Crippen molar-refractivity contribution in [2.24, 2.45) is 0 Å². The first kappa shape index (κ1) is 17.8. The molecule has 0 amide bonds. The highest BCUT2D eigenvalue weighted by atomic mass is 19.1. The number of nitrogens with two attached hydrogens (primary N) is 1. The topological polar surface area (TPSA) is 89.2 Å². The third-order valence-electron chi connectivity index (χ3n) is 3.63. The number of hydrogen-bond donors (Lipinski definition) is 2. The summed E-state index contributed by atoms with van der Waals surface area (Å²) in [7, 11) is 0. The van der Waals surface area contributed by atoms with Gasteiger partial charge in [-0.2, -0.15) is 0 Å². The molecule has 2 atom stereocenters. The maximum atomic E-state index is 12.9. The number of nitro benzene ring substituents is 1. The van der Waals surface area contributed by atoms with Crippen LogP contribution in [0, 0.1) is 15.9 Å². The van der Waals surface area contributed by atoms with E-state index < -0.39 is 11.0 Å². The van der Waals surface area contributed by atoms with Crippen molar-refractivity contribution in [1.82, 2.24) is 0 Å². The van der Waals surface area contributed by atoms with Gasteiger partial charge in [0.15, 0.2) is 0 Å². The smallest absolute Gasteiger partial charge is 0.273 e. The quantitative estimate of drug-likeness (QED) is 0.569. The van der Waals surface area contributed by atoms with Gasteiger partial charge in [0, 0.05) is 11.6 Å². The normalized spacial score (nSPS) is 13.3. The molecule has 0 spiro atoms. The Bertz CT molecular complexity index is 679. The van der Waals surface area contributed by atoms with E-state index in [-0.39, 0.29) is 24.2 Å². The molecule has 0 bridgehead atoms. The molecular formula is C17H20FN2O4+. The van der Waals surface area contributed by atoms with Gasteiger partial charge in [-0.3, -0.25) is 10.1 Å². The molecule has 2 rings (SSSR count). The monoisotopic (exact) mass is 335 g/mol. The molecule has 0 aliphatic heterocycles. The molecule has 7 heteroatoms. The molecule has 0 unspecified atom stereocenters. The Morgan fingerprint density at radius 3 is 2.67 bits per heavy atom. The largest absolute Gasteiger partial charge is 0.490 e. The van der Waals surface area contributed by atoms with Gasteiger partial charge in [0.2, 0.25) is 0 Å². The van der Waals surface area contributed by atoms with Crippen LogP contribution in [-0.2, 0) is 0 Å². The van der Waals surface area contributed by atoms with Crippen LogP contribution in [0.3, 0.4) is 0 Å². The lowest BCUT2D eigenvalue weighted by Gasteiger charge is -2.15. The summed E-state index contributed by atoms with van der Waals surface area (Å²) >= 11 is 0. The van der Waals surface area contributed by atoms with Crippen molar-refractivity contribution in [3.8, 4) is 5.75 Å². The Balaban J connectivity index is 1.79. The second kappa shape index (κ2) is 8.37. The summed E-state index contributed by atoms with van der Waals surface area (Å²) in [6.45, 7) is 2.39. The highest BCUT2D eigenvalue weighted by Gasteiger charge is 2.14. The Labute approximate surface area is 139 Å². The Morgan fingerprint density at radius 2 is 2.00 bits per heavy atom. The van der Waals surface area contributed by atoms with Crippen LogP contribution >= 0.6 is 0 Å². The minimum absolute atomic E-state index is 0.0355. The second-order valence-electron chi connectivity index (χ2n) is 5.53. The van der Waals surface area contributed by atoms with Gasteiger partial charge in [-0.05, 0) is 25.1 Å². The lowest BCUT2D eigenvalue weighted by molar-refractivity contribution is -0.698. The first-order valence-corrected chi connectivity index (χ1v) is 7.60. The van der Waals surface area contributed by atoms with E-state index in [9.17, 15) is 19.6 Å². The summed E-state index contributed by atoms with van der Waals surface area (Å²) in [6, 6.07) is 12.1. The van der Waals surface area contributed by atoms with Gasteiger partial charge in [0.05, 0.1) is 11.0 Å². The van der Waals surface area contributed by atoms with Gasteiger partial charge < -0.3 is 15.2 Å². The predicted octanol–water partition coefficient (Wildman–Crippen LogP) is 1.80. The van der Waals surface area contributed by atoms with Crippen molar-refractivity contribution in [2.45, 2.75) is 19.1 Å². The van der Waals surface area contributed by atoms with E-state index in [4.69, 9.17) is 4.74 Å². The summed E-state index contributed by atoms with van der Waals surface area (Å²) in [5, 5.41) is 22.6. The Morgan fingerprint density at radius 1 is 1.29 bits per heavy atom. The van der Waals surface area contributed by atoms with E-state index in [1.54, 1.807) is 18.2 Å². The van der Waals surface area contributed by atoms with Crippen LogP contribution in [-0.4, -0.2) is 29.3 Å². The molecule has 0 aromatic heterocycles. The molecule has 0 saturated heterocycles. The lowest BCUT2D eigenvalue weighted by atomic mass is 10.1. The number of halogens is 1. The highest BCUT2D eigenvalue weighted by Crippen LogP contribution is 2.19. The number of benzene rings is 2. The van der Waals surface area contributed by atoms with Crippen molar-refractivity contribution in [1.29, 1.82) is 0 Å². The van der Waals surface area contributed by atoms with E-state index in [1.807, 2.05) is 12.2 Å². The minimum atomic E-state index is -0.729. The van der Waals surface area contributed by atoms with E-state index in [1.165, 1.54) is 30.3 Å². The maximum Gasteiger partial charge on any atom is 0.273 e. The number of aliphatic hydroxyl groups is 1. The summed E-state index contributed by atoms with van der Waals surface area (Å²) < 4.78 is 18.3. The number of rotatable bonds is 8. The van der Waals surface area contributed by atoms with Crippen molar-refractivity contribution in [3.63, 3.8) is 0 Å². The zero-order valence-electron chi connectivity index (χ0n) is 13.3. The standard InChI is InChI=1S/C17H19FN2O4/c1-12(13-5-7-14(18)8-6-13)19-10-16(21)11-24-17-4-2-3-15(9-17)20(22)23/h2-9,12,16,19,21H,10-11H2,1H3/p+1/t12-,16+/m1/s1. The summed E-state index contributed by atoms with van der Waals surface area (Å²) in [4.78, 5) is 10.2. The van der Waals surface area contributed by atoms with Crippen LogP contribution in [0.2, 0.25) is 0 Å². The molecule has 2 aromatic rings. The molecule has 0 saturated carbocycles. The van der Waals surface area contributed by atoms with Crippen LogP contribution in [0.5, 0.6) is 5.75 Å². The number of nitro groups is 1. The molecule has 24 heavy (non-hydrogen) atoms. The molecule has 3 N–H and O–H groups in total. The first-order chi connectivity index (χ1) is 11.5. The minimum Gasteiger partial charge on any atom is -0.490 e. The molecule has 0 aliphatic rings. The molecular weight excluding hydrogens is 315 g/mol. The Kier molecular flexibility index (Phi) is 6.22. The maximum absolute atomic E-state index is 12.9. The van der Waals surface area contributed by atoms with Gasteiger partial charge >= 0.3 is 0 Å². The van der Waals surface area contributed by atoms with Gasteiger partial charge in [-0.1, -0.05) is 18.2 Å². The molecule has 0 heterocycles. The summed E-state index contributed by atoms with van der Waals surface area (Å²) in [6.07, 6.45) is -0.729. The molecule has 2 aromatic carbocycles. The van der Waals surface area contributed by atoms with Gasteiger partial charge in [-0.15, -0.1) is 0 Å². The van der Waals surface area contributed by atoms with Crippen LogP contribution in [0.1, 0.15) is 18.5 Å². The SMILES string of the molecule is C[C@@H]([NH2+]C[C@H](O)COc1cccc([N+](=O)[O-])c1)c1ccc(F)cc1. The van der Waals surface area contributed by atoms with Crippen LogP contribution in [0.15, 0.2) is 48.5 Å². The lowest BCUT2D eigenvalue weighted by Crippen LogP contribution is -2.87. The third-order valence-corrected chi connectivity index (χ3v) is 3.63. The van der Waals surface area contributed by atoms with Crippen LogP contribution in [0.4, 0.5) is 10.1 Å². The molecule has 128 valence electrons. The van der Waals surface area contributed by atoms with Crippen molar-refractivity contribution in [2.75, 3.05) is 13.2 Å². The van der Waals surface area contributed by atoms with Crippen molar-refractivity contribution >= 4 is 5.69 Å². The van der Waals surface area contributed by atoms with E-state index >= 15 is 0 Å². The number of hydrogen-bond acceptors (Lipinski definition) is 4. The number of aliphatic hydroxyl groups excluding tert-OH is 1. The first-order valence-electron chi connectivity index (χ1n) is 7.60. The fourth-order valence-electron chi connectivity index (χ4n) is 2.21. The fraction of sp³-hybridized carbons (Fsp3) is 0.294. The van der Waals surface area contributed by atoms with Gasteiger partial charge in [0.1, 0.15) is 36.9 Å². The molecule has 0 fully saturated rings. The fourth-order valence-corrected chi connectivity index (χ4v) is 2.21. The second-order valence-corrected chi connectivity index (χ2v) is 5.53. The average Bonchev–Trinajstić information content (AvgIpc) is 2.58. The summed E-state index contributed by atoms with van der Waals surface area (Å²) in [5.74, 6) is 0.0613. The van der Waals surface area contributed by atoms with Crippen LogP contribution < -0.4 is 10.1 Å². The third kappa shape index (κ3) is 5.29. The highest BCUT2D eigenvalue weighted by molar-refractivity contribution is 5.37. The molecule has 6 nitrogen and oxygen atoms in total. The van der Waals surface area contributed by atoms with Crippen molar-refractivity contribution in [3.05, 3.63) is 70.0 Å². The molecule has 0 aliphatic carbocycles. The zero-order valence-corrected chi connectivity index (χ0v) is 13.3. The number of nitrogens with zero attached hydrogens (tertiary/aromatic N) is 1. The average molecular weight is 335 g/mol. The summed E-state index contributed by atoms with van der Waals surface area (Å²) in [5.41, 5.74) is 0.904. The number of ether oxygens (including phenoxy) is 1. The predicted molar refractivity (Wildman–Crippen MR) is 86.2 cm³/mol. The Hall–Kier alpha value is -2.51.